The third-order valence-corrected chi connectivity index (χ3v) is 2.68. The molecule has 1 aromatic carbocycles. The number of ether oxygens (including phenoxy) is 1. The number of nitrogens with two attached hydrogens (primary N) is 1. The van der Waals surface area contributed by atoms with E-state index >= 15 is 0 Å². The van der Waals surface area contributed by atoms with Gasteiger partial charge in [0.25, 0.3) is 0 Å². The lowest BCUT2D eigenvalue weighted by atomic mass is 10.1. The summed E-state index contributed by atoms with van der Waals surface area (Å²) in [6, 6.07) is 8.79. The van der Waals surface area contributed by atoms with Crippen molar-refractivity contribution in [1.82, 2.24) is 0 Å². The van der Waals surface area contributed by atoms with Gasteiger partial charge in [0, 0.05) is 0 Å². The van der Waals surface area contributed by atoms with Gasteiger partial charge in [0.15, 0.2) is 0 Å². The minimum absolute atomic E-state index is 0.307. The second kappa shape index (κ2) is 4.60. The molecule has 2 aromatic rings. The number of hydrogen-bond donors (Lipinski definition) is 1. The summed E-state index contributed by atoms with van der Waals surface area (Å²) < 4.78 is 10.3. The zero-order valence-electron chi connectivity index (χ0n) is 8.81. The van der Waals surface area contributed by atoms with Crippen LogP contribution in [0.15, 0.2) is 41.0 Å². The fourth-order valence-corrected chi connectivity index (χ4v) is 1.77. The van der Waals surface area contributed by atoms with Crippen molar-refractivity contribution in [3.63, 3.8) is 0 Å². The molecule has 0 aliphatic heterocycles. The molecule has 16 heavy (non-hydrogen) atoms. The average molecular weight is 238 g/mol. The molecular formula is C12H12ClNO2. The normalized spacial score (nSPS) is 12.4. The van der Waals surface area contributed by atoms with Crippen LogP contribution in [-0.2, 0) is 0 Å². The van der Waals surface area contributed by atoms with Crippen LogP contribution in [0.3, 0.4) is 0 Å². The quantitative estimate of drug-likeness (QED) is 0.893. The Morgan fingerprint density at radius 2 is 2.19 bits per heavy atom. The second-order valence-corrected chi connectivity index (χ2v) is 3.79. The predicted octanol–water partition coefficient (Wildman–Crippen LogP) is 2.99. The van der Waals surface area contributed by atoms with Gasteiger partial charge in [-0.1, -0.05) is 17.7 Å². The summed E-state index contributed by atoms with van der Waals surface area (Å²) >= 11 is 6.02. The lowest BCUT2D eigenvalue weighted by molar-refractivity contribution is 0.414. The molecular weight excluding hydrogens is 226 g/mol. The summed E-state index contributed by atoms with van der Waals surface area (Å²) in [6.45, 7) is 0. The van der Waals surface area contributed by atoms with Gasteiger partial charge in [0.05, 0.1) is 24.4 Å². The van der Waals surface area contributed by atoms with Gasteiger partial charge in [0.2, 0.25) is 0 Å². The predicted molar refractivity (Wildman–Crippen MR) is 62.7 cm³/mol. The summed E-state index contributed by atoms with van der Waals surface area (Å²) in [5.74, 6) is 1.35. The van der Waals surface area contributed by atoms with Gasteiger partial charge in [0.1, 0.15) is 11.5 Å². The second-order valence-electron chi connectivity index (χ2n) is 3.39. The summed E-state index contributed by atoms with van der Waals surface area (Å²) in [7, 11) is 1.58. The van der Waals surface area contributed by atoms with Crippen molar-refractivity contribution in [2.75, 3.05) is 7.11 Å². The van der Waals surface area contributed by atoms with Crippen molar-refractivity contribution in [3.8, 4) is 5.75 Å². The number of rotatable bonds is 3. The van der Waals surface area contributed by atoms with Gasteiger partial charge in [-0.25, -0.2) is 0 Å². The molecule has 84 valence electrons. The number of methoxy groups -OCH3 is 1. The highest BCUT2D eigenvalue weighted by Crippen LogP contribution is 2.29. The van der Waals surface area contributed by atoms with Gasteiger partial charge in [-0.05, 0) is 29.8 Å². The van der Waals surface area contributed by atoms with Crippen LogP contribution in [0.1, 0.15) is 17.4 Å². The van der Waals surface area contributed by atoms with E-state index in [-0.39, 0.29) is 6.04 Å². The Kier molecular flexibility index (Phi) is 3.17. The topological polar surface area (TPSA) is 48.4 Å². The fraction of sp³-hybridized carbons (Fsp3) is 0.167. The maximum atomic E-state index is 6.03. The lowest BCUT2D eigenvalue weighted by Crippen LogP contribution is -2.10. The highest BCUT2D eigenvalue weighted by Gasteiger charge is 2.13. The summed E-state index contributed by atoms with van der Waals surface area (Å²) in [6.07, 6.45) is 1.60. The number of hydrogen-bond acceptors (Lipinski definition) is 3. The van der Waals surface area contributed by atoms with Crippen LogP contribution in [0.2, 0.25) is 5.02 Å². The third-order valence-electron chi connectivity index (χ3n) is 2.38. The zero-order chi connectivity index (χ0) is 11.5. The van der Waals surface area contributed by atoms with Crippen LogP contribution in [0.4, 0.5) is 0 Å². The highest BCUT2D eigenvalue weighted by atomic mass is 35.5. The first-order chi connectivity index (χ1) is 7.72. The molecule has 0 radical (unpaired) electrons. The Morgan fingerprint density at radius 3 is 2.75 bits per heavy atom. The molecule has 1 unspecified atom stereocenters. The summed E-state index contributed by atoms with van der Waals surface area (Å²) in [4.78, 5) is 0. The molecule has 0 saturated carbocycles. The van der Waals surface area contributed by atoms with E-state index in [0.717, 1.165) is 5.56 Å². The van der Waals surface area contributed by atoms with E-state index in [2.05, 4.69) is 0 Å². The Morgan fingerprint density at radius 1 is 1.38 bits per heavy atom. The van der Waals surface area contributed by atoms with Gasteiger partial charge in [-0.15, -0.1) is 0 Å². The van der Waals surface area contributed by atoms with Gasteiger partial charge in [-0.2, -0.15) is 0 Å². The van der Waals surface area contributed by atoms with Gasteiger partial charge in [-0.3, -0.25) is 0 Å². The average Bonchev–Trinajstić information content (AvgIpc) is 2.81. The lowest BCUT2D eigenvalue weighted by Gasteiger charge is -2.11. The van der Waals surface area contributed by atoms with E-state index in [0.29, 0.717) is 16.5 Å². The number of halogens is 1. The molecule has 4 heteroatoms. The monoisotopic (exact) mass is 237 g/mol. The summed E-state index contributed by atoms with van der Waals surface area (Å²) in [5, 5.41) is 0.544. The van der Waals surface area contributed by atoms with Gasteiger partial charge < -0.3 is 14.9 Å². The van der Waals surface area contributed by atoms with Crippen LogP contribution in [0.25, 0.3) is 0 Å². The molecule has 2 N–H and O–H groups in total. The Balaban J connectivity index is 2.31. The molecule has 3 nitrogen and oxygen atoms in total. The Bertz CT molecular complexity index is 468. The van der Waals surface area contributed by atoms with Gasteiger partial charge >= 0.3 is 0 Å². The third kappa shape index (κ3) is 2.05. The van der Waals surface area contributed by atoms with Crippen LogP contribution >= 0.6 is 11.6 Å². The maximum Gasteiger partial charge on any atom is 0.137 e. The largest absolute Gasteiger partial charge is 0.495 e. The van der Waals surface area contributed by atoms with Crippen molar-refractivity contribution in [2.24, 2.45) is 5.73 Å². The first-order valence-corrected chi connectivity index (χ1v) is 5.22. The van der Waals surface area contributed by atoms with Crippen molar-refractivity contribution in [2.45, 2.75) is 6.04 Å². The Hall–Kier alpha value is -1.45. The first-order valence-electron chi connectivity index (χ1n) is 4.85. The molecule has 0 fully saturated rings. The SMILES string of the molecule is COc1ccc(C(N)c2ccco2)cc1Cl. The minimum Gasteiger partial charge on any atom is -0.495 e. The van der Waals surface area contributed by atoms with Crippen LogP contribution in [0.5, 0.6) is 5.75 Å². The zero-order valence-corrected chi connectivity index (χ0v) is 9.57. The van der Waals surface area contributed by atoms with E-state index in [1.54, 1.807) is 31.6 Å². The summed E-state index contributed by atoms with van der Waals surface area (Å²) in [5.41, 5.74) is 6.92. The van der Waals surface area contributed by atoms with Crippen molar-refractivity contribution in [3.05, 3.63) is 52.9 Å². The van der Waals surface area contributed by atoms with Crippen molar-refractivity contribution < 1.29 is 9.15 Å². The maximum absolute atomic E-state index is 6.03. The smallest absolute Gasteiger partial charge is 0.137 e. The van der Waals surface area contributed by atoms with Crippen molar-refractivity contribution in [1.29, 1.82) is 0 Å². The van der Waals surface area contributed by atoms with Crippen LogP contribution in [0, 0.1) is 0 Å². The Labute approximate surface area is 98.8 Å². The first kappa shape index (κ1) is 11.0. The number of benzene rings is 1. The fourth-order valence-electron chi connectivity index (χ4n) is 1.51. The molecule has 1 atom stereocenters. The molecule has 2 rings (SSSR count). The molecule has 0 spiro atoms. The molecule has 0 saturated heterocycles. The van der Waals surface area contributed by atoms with E-state index in [9.17, 15) is 0 Å². The van der Waals surface area contributed by atoms with E-state index < -0.39 is 0 Å². The molecule has 0 aliphatic carbocycles. The van der Waals surface area contributed by atoms with Crippen molar-refractivity contribution >= 4 is 11.6 Å². The van der Waals surface area contributed by atoms with E-state index in [1.807, 2.05) is 12.1 Å². The standard InChI is InChI=1S/C12H12ClNO2/c1-15-10-5-4-8(7-9(10)13)12(14)11-3-2-6-16-11/h2-7,12H,14H2,1H3. The highest BCUT2D eigenvalue weighted by molar-refractivity contribution is 6.32. The van der Waals surface area contributed by atoms with Crippen LogP contribution < -0.4 is 10.5 Å². The molecule has 0 bridgehead atoms. The molecule has 0 aliphatic rings. The molecule has 1 heterocycles. The number of furan rings is 1. The van der Waals surface area contributed by atoms with Crippen LogP contribution in [-0.4, -0.2) is 7.11 Å². The minimum atomic E-state index is -0.307. The molecule has 0 amide bonds. The van der Waals surface area contributed by atoms with E-state index in [1.165, 1.54) is 0 Å². The van der Waals surface area contributed by atoms with E-state index in [4.69, 9.17) is 26.5 Å². The molecule has 1 aromatic heterocycles.